The average Bonchev–Trinajstić information content (AvgIpc) is 2.26. The summed E-state index contributed by atoms with van der Waals surface area (Å²) in [6.45, 7) is 8.92. The minimum Gasteiger partial charge on any atom is -0.393 e. The molecule has 0 aromatic rings. The molecule has 0 fully saturated rings. The molecule has 0 aliphatic heterocycles. The Morgan fingerprint density at radius 1 is 1.00 bits per heavy atom. The van der Waals surface area contributed by atoms with Gasteiger partial charge in [0.05, 0.1) is 6.10 Å². The molecule has 0 saturated carbocycles. The highest BCUT2D eigenvalue weighted by atomic mass is 32.3. The number of aliphatic hydroxyl groups is 1. The van der Waals surface area contributed by atoms with E-state index in [1.165, 1.54) is 32.1 Å². The van der Waals surface area contributed by atoms with Crippen LogP contribution in [-0.4, -0.2) is 28.7 Å². The molecule has 6 heteroatoms. The molecule has 5 nitrogen and oxygen atoms in total. The fraction of sp³-hybridized carbons (Fsp3) is 1.00. The molecule has 0 amide bonds. The quantitative estimate of drug-likeness (QED) is 0.443. The van der Waals surface area contributed by atoms with Crippen LogP contribution in [0.15, 0.2) is 0 Å². The molecule has 124 valence electrons. The summed E-state index contributed by atoms with van der Waals surface area (Å²) >= 11 is 0. The Hall–Kier alpha value is -0.170. The molecule has 0 aromatic carbocycles. The Bertz CT molecular complexity index is 304. The maximum atomic E-state index is 9.87. The van der Waals surface area contributed by atoms with Crippen molar-refractivity contribution in [1.82, 2.24) is 0 Å². The monoisotopic (exact) mass is 312 g/mol. The van der Waals surface area contributed by atoms with Crippen LogP contribution in [-0.2, 0) is 10.4 Å². The third-order valence-electron chi connectivity index (χ3n) is 3.39. The highest BCUT2D eigenvalue weighted by Crippen LogP contribution is 2.27. The van der Waals surface area contributed by atoms with Gasteiger partial charge in [-0.15, -0.1) is 0 Å². The summed E-state index contributed by atoms with van der Waals surface area (Å²) in [7, 11) is -4.67. The van der Waals surface area contributed by atoms with Gasteiger partial charge >= 0.3 is 10.4 Å². The zero-order valence-electron chi connectivity index (χ0n) is 13.3. The van der Waals surface area contributed by atoms with Gasteiger partial charge < -0.3 is 5.11 Å². The standard InChI is InChI=1S/C14H30O.H2O4S/c1-5-7-8-9-10-11-13(15)12-14(3,4)6-2;1-5(2,3)4/h13,15H,5-12H2,1-4H3;(H2,1,2,3,4). The topological polar surface area (TPSA) is 94.8 Å². The van der Waals surface area contributed by atoms with E-state index in [0.717, 1.165) is 19.3 Å². The van der Waals surface area contributed by atoms with Crippen molar-refractivity contribution in [2.45, 2.75) is 85.2 Å². The zero-order chi connectivity index (χ0) is 16.2. The smallest absolute Gasteiger partial charge is 0.393 e. The molecule has 0 saturated heterocycles. The lowest BCUT2D eigenvalue weighted by molar-refractivity contribution is 0.101. The first-order valence-electron chi connectivity index (χ1n) is 7.39. The summed E-state index contributed by atoms with van der Waals surface area (Å²) in [5.41, 5.74) is 0.308. The van der Waals surface area contributed by atoms with Crippen LogP contribution in [0.5, 0.6) is 0 Å². The van der Waals surface area contributed by atoms with Crippen molar-refractivity contribution in [3.8, 4) is 0 Å². The predicted octanol–water partition coefficient (Wildman–Crippen LogP) is 3.88. The van der Waals surface area contributed by atoms with Gasteiger partial charge in [0.2, 0.25) is 0 Å². The van der Waals surface area contributed by atoms with E-state index in [1.54, 1.807) is 0 Å². The van der Waals surface area contributed by atoms with Crippen LogP contribution >= 0.6 is 0 Å². The van der Waals surface area contributed by atoms with Gasteiger partial charge in [0, 0.05) is 0 Å². The van der Waals surface area contributed by atoms with Gasteiger partial charge in [0.1, 0.15) is 0 Å². The second kappa shape index (κ2) is 11.5. The first kappa shape index (κ1) is 22.1. The molecule has 0 aliphatic carbocycles. The fourth-order valence-corrected chi connectivity index (χ4v) is 1.87. The maximum Gasteiger partial charge on any atom is 0.394 e. The second-order valence-electron chi connectivity index (χ2n) is 6.03. The lowest BCUT2D eigenvalue weighted by Gasteiger charge is -2.25. The van der Waals surface area contributed by atoms with E-state index >= 15 is 0 Å². The SMILES string of the molecule is CCCCCCCC(O)CC(C)(C)CC.O=S(=O)(O)O. The second-order valence-corrected chi connectivity index (χ2v) is 6.92. The molecular formula is C14H32O5S. The van der Waals surface area contributed by atoms with Crippen LogP contribution in [0, 0.1) is 5.41 Å². The minimum atomic E-state index is -4.67. The summed E-state index contributed by atoms with van der Waals surface area (Å²) in [5, 5.41) is 9.87. The lowest BCUT2D eigenvalue weighted by Crippen LogP contribution is -2.19. The van der Waals surface area contributed by atoms with E-state index in [0.29, 0.717) is 5.41 Å². The highest BCUT2D eigenvalue weighted by molar-refractivity contribution is 7.79. The molecule has 0 bridgehead atoms. The van der Waals surface area contributed by atoms with E-state index in [1.807, 2.05) is 0 Å². The van der Waals surface area contributed by atoms with Gasteiger partial charge in [-0.05, 0) is 18.3 Å². The Morgan fingerprint density at radius 3 is 1.85 bits per heavy atom. The molecule has 20 heavy (non-hydrogen) atoms. The van der Waals surface area contributed by atoms with Crippen LogP contribution in [0.2, 0.25) is 0 Å². The number of hydrogen-bond acceptors (Lipinski definition) is 3. The average molecular weight is 312 g/mol. The van der Waals surface area contributed by atoms with E-state index in [4.69, 9.17) is 17.5 Å². The van der Waals surface area contributed by atoms with E-state index in [2.05, 4.69) is 27.7 Å². The molecule has 1 atom stereocenters. The molecule has 3 N–H and O–H groups in total. The number of hydrogen-bond donors (Lipinski definition) is 3. The third-order valence-corrected chi connectivity index (χ3v) is 3.39. The molecule has 0 radical (unpaired) electrons. The van der Waals surface area contributed by atoms with Crippen molar-refractivity contribution in [3.63, 3.8) is 0 Å². The van der Waals surface area contributed by atoms with Crippen LogP contribution in [0.3, 0.4) is 0 Å². The summed E-state index contributed by atoms with van der Waals surface area (Å²) in [6.07, 6.45) is 9.48. The number of rotatable bonds is 9. The van der Waals surface area contributed by atoms with Crippen molar-refractivity contribution >= 4 is 10.4 Å². The number of aliphatic hydroxyl groups excluding tert-OH is 1. The van der Waals surface area contributed by atoms with Gasteiger partial charge in [0.15, 0.2) is 0 Å². The van der Waals surface area contributed by atoms with Crippen LogP contribution < -0.4 is 0 Å². The van der Waals surface area contributed by atoms with Crippen LogP contribution in [0.4, 0.5) is 0 Å². The number of unbranched alkanes of at least 4 members (excludes halogenated alkanes) is 4. The van der Waals surface area contributed by atoms with Gasteiger partial charge in [-0.25, -0.2) is 0 Å². The van der Waals surface area contributed by atoms with Gasteiger partial charge in [-0.3, -0.25) is 9.11 Å². The largest absolute Gasteiger partial charge is 0.394 e. The first-order valence-corrected chi connectivity index (χ1v) is 8.79. The Balaban J connectivity index is 0. The Kier molecular flexibility index (Phi) is 12.7. The highest BCUT2D eigenvalue weighted by Gasteiger charge is 2.19. The molecule has 0 aliphatic rings. The molecule has 0 heterocycles. The predicted molar refractivity (Wildman–Crippen MR) is 82.2 cm³/mol. The van der Waals surface area contributed by atoms with Gasteiger partial charge in [-0.2, -0.15) is 8.42 Å². The van der Waals surface area contributed by atoms with Crippen LogP contribution in [0.1, 0.15) is 79.1 Å². The summed E-state index contributed by atoms with van der Waals surface area (Å²) < 4.78 is 31.6. The van der Waals surface area contributed by atoms with Gasteiger partial charge in [-0.1, -0.05) is 66.2 Å². The summed E-state index contributed by atoms with van der Waals surface area (Å²) in [5.74, 6) is 0. The van der Waals surface area contributed by atoms with Crippen molar-refractivity contribution in [3.05, 3.63) is 0 Å². The van der Waals surface area contributed by atoms with Gasteiger partial charge in [0.25, 0.3) is 0 Å². The van der Waals surface area contributed by atoms with Crippen LogP contribution in [0.25, 0.3) is 0 Å². The summed E-state index contributed by atoms with van der Waals surface area (Å²) in [4.78, 5) is 0. The maximum absolute atomic E-state index is 9.87. The molecule has 1 unspecified atom stereocenters. The molecule has 0 spiro atoms. The normalized spacial score (nSPS) is 13.6. The minimum absolute atomic E-state index is 0.0819. The zero-order valence-corrected chi connectivity index (χ0v) is 14.1. The van der Waals surface area contributed by atoms with Crippen molar-refractivity contribution in [2.75, 3.05) is 0 Å². The molecular weight excluding hydrogens is 280 g/mol. The van der Waals surface area contributed by atoms with E-state index in [-0.39, 0.29) is 6.10 Å². The lowest BCUT2D eigenvalue weighted by atomic mass is 9.83. The first-order chi connectivity index (χ1) is 9.02. The van der Waals surface area contributed by atoms with E-state index in [9.17, 15) is 5.11 Å². The molecule has 0 aromatic heterocycles. The van der Waals surface area contributed by atoms with Crippen molar-refractivity contribution < 1.29 is 22.6 Å². The summed E-state index contributed by atoms with van der Waals surface area (Å²) in [6, 6.07) is 0. The fourth-order valence-electron chi connectivity index (χ4n) is 1.87. The van der Waals surface area contributed by atoms with Crippen molar-refractivity contribution in [2.24, 2.45) is 5.41 Å². The molecule has 0 rings (SSSR count). The Morgan fingerprint density at radius 2 is 1.45 bits per heavy atom. The van der Waals surface area contributed by atoms with Crippen molar-refractivity contribution in [1.29, 1.82) is 0 Å². The van der Waals surface area contributed by atoms with E-state index < -0.39 is 10.4 Å². The Labute approximate surface area is 124 Å². The third kappa shape index (κ3) is 23.0.